The van der Waals surface area contributed by atoms with Crippen LogP contribution in [0.15, 0.2) is 10.6 Å². The zero-order chi connectivity index (χ0) is 15.5. The highest BCUT2D eigenvalue weighted by Gasteiger charge is 2.23. The summed E-state index contributed by atoms with van der Waals surface area (Å²) in [7, 11) is 0. The van der Waals surface area contributed by atoms with E-state index in [-0.39, 0.29) is 11.3 Å². The van der Waals surface area contributed by atoms with E-state index in [1.807, 2.05) is 17.9 Å². The molecule has 1 aromatic heterocycles. The van der Waals surface area contributed by atoms with Crippen molar-refractivity contribution in [2.24, 2.45) is 5.41 Å². The summed E-state index contributed by atoms with van der Waals surface area (Å²) in [5, 5.41) is 4.05. The first-order valence-electron chi connectivity index (χ1n) is 7.76. The molecule has 2 heterocycles. The second-order valence-corrected chi connectivity index (χ2v) is 7.18. The normalized spacial score (nSPS) is 17.8. The Bertz CT molecular complexity index is 476. The standard InChI is InChI=1S/C16H27N3O2/c1-13-10-14(17-21-13)12-18-6-5-7-19(9-8-18)15(20)11-16(2,3)4/h10H,5-9,11-12H2,1-4H3. The first-order chi connectivity index (χ1) is 9.83. The molecule has 118 valence electrons. The minimum absolute atomic E-state index is 0.0569. The van der Waals surface area contributed by atoms with Crippen LogP contribution in [-0.2, 0) is 11.3 Å². The fourth-order valence-corrected chi connectivity index (χ4v) is 2.67. The molecule has 0 radical (unpaired) electrons. The molecule has 0 atom stereocenters. The van der Waals surface area contributed by atoms with E-state index in [1.165, 1.54) is 0 Å². The molecule has 21 heavy (non-hydrogen) atoms. The number of carbonyl (C=O) groups is 1. The average Bonchev–Trinajstić information content (AvgIpc) is 2.62. The van der Waals surface area contributed by atoms with E-state index in [2.05, 4.69) is 30.8 Å². The summed E-state index contributed by atoms with van der Waals surface area (Å²) in [5.74, 6) is 1.13. The molecule has 0 N–H and O–H groups in total. The van der Waals surface area contributed by atoms with Gasteiger partial charge in [-0.25, -0.2) is 0 Å². The van der Waals surface area contributed by atoms with Crippen molar-refractivity contribution in [3.8, 4) is 0 Å². The summed E-state index contributed by atoms with van der Waals surface area (Å²) < 4.78 is 5.11. The summed E-state index contributed by atoms with van der Waals surface area (Å²) in [6.45, 7) is 12.6. The van der Waals surface area contributed by atoms with Crippen molar-refractivity contribution in [2.45, 2.75) is 47.1 Å². The van der Waals surface area contributed by atoms with Gasteiger partial charge in [0.25, 0.3) is 0 Å². The molecule has 2 rings (SSSR count). The molecule has 0 bridgehead atoms. The molecular formula is C16H27N3O2. The second kappa shape index (κ2) is 6.60. The largest absolute Gasteiger partial charge is 0.361 e. The Balaban J connectivity index is 1.85. The fourth-order valence-electron chi connectivity index (χ4n) is 2.67. The zero-order valence-electron chi connectivity index (χ0n) is 13.7. The quantitative estimate of drug-likeness (QED) is 0.859. The molecule has 1 aliphatic rings. The Hall–Kier alpha value is -1.36. The van der Waals surface area contributed by atoms with E-state index in [4.69, 9.17) is 4.52 Å². The van der Waals surface area contributed by atoms with Gasteiger partial charge < -0.3 is 9.42 Å². The van der Waals surface area contributed by atoms with Crippen LogP contribution < -0.4 is 0 Å². The number of carbonyl (C=O) groups excluding carboxylic acids is 1. The van der Waals surface area contributed by atoms with Crippen molar-refractivity contribution in [3.63, 3.8) is 0 Å². The van der Waals surface area contributed by atoms with Crippen molar-refractivity contribution in [3.05, 3.63) is 17.5 Å². The summed E-state index contributed by atoms with van der Waals surface area (Å²) in [4.78, 5) is 16.7. The lowest BCUT2D eigenvalue weighted by molar-refractivity contribution is -0.132. The van der Waals surface area contributed by atoms with E-state index >= 15 is 0 Å². The van der Waals surface area contributed by atoms with Crippen molar-refractivity contribution < 1.29 is 9.32 Å². The predicted molar refractivity (Wildman–Crippen MR) is 81.8 cm³/mol. The van der Waals surface area contributed by atoms with Crippen LogP contribution in [-0.4, -0.2) is 47.0 Å². The van der Waals surface area contributed by atoms with E-state index in [0.29, 0.717) is 6.42 Å². The third kappa shape index (κ3) is 5.16. The molecule has 0 aromatic carbocycles. The van der Waals surface area contributed by atoms with Crippen LogP contribution in [0.4, 0.5) is 0 Å². The van der Waals surface area contributed by atoms with E-state index in [1.54, 1.807) is 0 Å². The third-order valence-electron chi connectivity index (χ3n) is 3.69. The minimum Gasteiger partial charge on any atom is -0.361 e. The van der Waals surface area contributed by atoms with E-state index in [9.17, 15) is 4.79 Å². The number of hydrogen-bond donors (Lipinski definition) is 0. The van der Waals surface area contributed by atoms with Gasteiger partial charge in [0.15, 0.2) is 0 Å². The molecule has 1 fully saturated rings. The maximum absolute atomic E-state index is 12.3. The number of amides is 1. The summed E-state index contributed by atoms with van der Waals surface area (Å²) in [6, 6.07) is 1.98. The SMILES string of the molecule is Cc1cc(CN2CCCN(C(=O)CC(C)(C)C)CC2)no1. The number of aryl methyl sites for hydroxylation is 1. The second-order valence-electron chi connectivity index (χ2n) is 7.18. The molecular weight excluding hydrogens is 266 g/mol. The number of nitrogens with zero attached hydrogens (tertiary/aromatic N) is 3. The molecule has 1 amide bonds. The van der Waals surface area contributed by atoms with Gasteiger partial charge in [-0.3, -0.25) is 9.69 Å². The van der Waals surface area contributed by atoms with E-state index < -0.39 is 0 Å². The molecule has 0 unspecified atom stereocenters. The fraction of sp³-hybridized carbons (Fsp3) is 0.750. The van der Waals surface area contributed by atoms with Gasteiger partial charge in [0, 0.05) is 45.2 Å². The van der Waals surface area contributed by atoms with Gasteiger partial charge in [0.05, 0.1) is 5.69 Å². The molecule has 1 aromatic rings. The first kappa shape index (κ1) is 16.0. The lowest BCUT2D eigenvalue weighted by Gasteiger charge is -2.25. The van der Waals surface area contributed by atoms with Crippen LogP contribution in [0.1, 0.15) is 45.1 Å². The van der Waals surface area contributed by atoms with Gasteiger partial charge in [0.1, 0.15) is 5.76 Å². The third-order valence-corrected chi connectivity index (χ3v) is 3.69. The Morgan fingerprint density at radius 3 is 2.67 bits per heavy atom. The molecule has 0 spiro atoms. The molecule has 0 saturated carbocycles. The Morgan fingerprint density at radius 1 is 1.29 bits per heavy atom. The maximum atomic E-state index is 12.3. The lowest BCUT2D eigenvalue weighted by Crippen LogP contribution is -2.36. The number of aromatic nitrogens is 1. The van der Waals surface area contributed by atoms with Gasteiger partial charge in [-0.1, -0.05) is 25.9 Å². The van der Waals surface area contributed by atoms with Gasteiger partial charge in [-0.05, 0) is 18.8 Å². The molecule has 5 nitrogen and oxygen atoms in total. The zero-order valence-corrected chi connectivity index (χ0v) is 13.7. The molecule has 0 aliphatic carbocycles. The maximum Gasteiger partial charge on any atom is 0.223 e. The average molecular weight is 293 g/mol. The van der Waals surface area contributed by atoms with Crippen molar-refractivity contribution in [2.75, 3.05) is 26.2 Å². The highest BCUT2D eigenvalue weighted by atomic mass is 16.5. The van der Waals surface area contributed by atoms with Crippen LogP contribution in [0.5, 0.6) is 0 Å². The molecule has 1 saturated heterocycles. The summed E-state index contributed by atoms with van der Waals surface area (Å²) >= 11 is 0. The predicted octanol–water partition coefficient (Wildman–Crippen LogP) is 2.45. The monoisotopic (exact) mass is 293 g/mol. The van der Waals surface area contributed by atoms with E-state index in [0.717, 1.165) is 50.6 Å². The van der Waals surface area contributed by atoms with Crippen LogP contribution in [0.25, 0.3) is 0 Å². The summed E-state index contributed by atoms with van der Waals surface area (Å²) in [6.07, 6.45) is 1.64. The van der Waals surface area contributed by atoms with Gasteiger partial charge >= 0.3 is 0 Å². The van der Waals surface area contributed by atoms with Crippen molar-refractivity contribution in [1.29, 1.82) is 0 Å². The number of hydrogen-bond acceptors (Lipinski definition) is 4. The smallest absolute Gasteiger partial charge is 0.223 e. The van der Waals surface area contributed by atoms with Gasteiger partial charge in [0.2, 0.25) is 5.91 Å². The lowest BCUT2D eigenvalue weighted by atomic mass is 9.91. The topological polar surface area (TPSA) is 49.6 Å². The van der Waals surface area contributed by atoms with Crippen molar-refractivity contribution in [1.82, 2.24) is 15.0 Å². The first-order valence-corrected chi connectivity index (χ1v) is 7.76. The van der Waals surface area contributed by atoms with Gasteiger partial charge in [-0.2, -0.15) is 0 Å². The summed E-state index contributed by atoms with van der Waals surface area (Å²) in [5.41, 5.74) is 1.03. The highest BCUT2D eigenvalue weighted by molar-refractivity contribution is 5.76. The molecule has 5 heteroatoms. The Kier molecular flexibility index (Phi) is 5.04. The molecule has 1 aliphatic heterocycles. The van der Waals surface area contributed by atoms with Crippen LogP contribution in [0.3, 0.4) is 0 Å². The highest BCUT2D eigenvalue weighted by Crippen LogP contribution is 2.20. The Morgan fingerprint density at radius 2 is 2.05 bits per heavy atom. The Labute approximate surface area is 127 Å². The van der Waals surface area contributed by atoms with Crippen LogP contribution >= 0.6 is 0 Å². The van der Waals surface area contributed by atoms with Gasteiger partial charge in [-0.15, -0.1) is 0 Å². The van der Waals surface area contributed by atoms with Crippen molar-refractivity contribution >= 4 is 5.91 Å². The number of rotatable bonds is 3. The minimum atomic E-state index is 0.0569. The van der Waals surface area contributed by atoms with Crippen LogP contribution in [0, 0.1) is 12.3 Å². The van der Waals surface area contributed by atoms with Crippen LogP contribution in [0.2, 0.25) is 0 Å².